The van der Waals surface area contributed by atoms with Gasteiger partial charge in [-0.15, -0.1) is 16.9 Å². The van der Waals surface area contributed by atoms with Crippen molar-refractivity contribution in [2.45, 2.75) is 16.6 Å². The largest absolute Gasteiger partial charge is 0.220 e. The van der Waals surface area contributed by atoms with Crippen LogP contribution in [0.25, 0.3) is 5.69 Å². The van der Waals surface area contributed by atoms with Gasteiger partial charge in [-0.05, 0) is 31.4 Å². The maximum Gasteiger partial charge on any atom is 0.0965 e. The molecule has 1 aromatic heterocycles. The van der Waals surface area contributed by atoms with Crippen LogP contribution >= 0.6 is 27.7 Å². The summed E-state index contributed by atoms with van der Waals surface area (Å²) in [6.07, 6.45) is 4.01. The molecule has 0 saturated carbocycles. The highest BCUT2D eigenvalue weighted by molar-refractivity contribution is 9.09. The van der Waals surface area contributed by atoms with Crippen LogP contribution in [0.5, 0.6) is 0 Å². The molecule has 16 heavy (non-hydrogen) atoms. The second-order valence-corrected chi connectivity index (χ2v) is 5.66. The first-order valence-corrected chi connectivity index (χ1v) is 7.05. The minimum atomic E-state index is 0.227. The van der Waals surface area contributed by atoms with E-state index < -0.39 is 0 Å². The van der Waals surface area contributed by atoms with Crippen LogP contribution in [-0.4, -0.2) is 21.2 Å². The monoisotopic (exact) mass is 297 g/mol. The Hall–Kier alpha value is -0.810. The van der Waals surface area contributed by atoms with E-state index in [0.29, 0.717) is 0 Å². The normalized spacial score (nSPS) is 12.7. The number of alkyl halides is 1. The van der Waals surface area contributed by atoms with E-state index in [2.05, 4.69) is 44.6 Å². The summed E-state index contributed by atoms with van der Waals surface area (Å²) in [6, 6.07) is 8.23. The van der Waals surface area contributed by atoms with Crippen molar-refractivity contribution in [3.8, 4) is 5.69 Å². The number of halogens is 1. The van der Waals surface area contributed by atoms with Gasteiger partial charge in [0.1, 0.15) is 0 Å². The Kier molecular flexibility index (Phi) is 3.66. The molecule has 0 spiro atoms. The molecule has 0 aliphatic rings. The Bertz CT molecular complexity index is 482. The second kappa shape index (κ2) is 5.01. The van der Waals surface area contributed by atoms with Gasteiger partial charge >= 0.3 is 0 Å². The molecule has 0 aliphatic carbocycles. The molecule has 1 atom stereocenters. The molecule has 5 heteroatoms. The molecule has 1 aromatic carbocycles. The zero-order valence-electron chi connectivity index (χ0n) is 9.09. The van der Waals surface area contributed by atoms with E-state index in [0.717, 1.165) is 11.4 Å². The van der Waals surface area contributed by atoms with E-state index in [1.54, 1.807) is 16.4 Å². The van der Waals surface area contributed by atoms with Crippen molar-refractivity contribution in [2.75, 3.05) is 6.26 Å². The Morgan fingerprint density at radius 2 is 2.25 bits per heavy atom. The number of nitrogens with zero attached hydrogens (tertiary/aromatic N) is 3. The third-order valence-corrected chi connectivity index (χ3v) is 3.43. The van der Waals surface area contributed by atoms with Crippen LogP contribution < -0.4 is 0 Å². The number of aromatic nitrogens is 3. The van der Waals surface area contributed by atoms with Crippen LogP contribution in [0.4, 0.5) is 0 Å². The predicted molar refractivity (Wildman–Crippen MR) is 70.5 cm³/mol. The van der Waals surface area contributed by atoms with E-state index in [4.69, 9.17) is 0 Å². The van der Waals surface area contributed by atoms with Crippen LogP contribution in [0.15, 0.2) is 35.4 Å². The fourth-order valence-corrected chi connectivity index (χ4v) is 2.00. The summed E-state index contributed by atoms with van der Waals surface area (Å²) in [6.45, 7) is 2.03. The Morgan fingerprint density at radius 1 is 1.44 bits per heavy atom. The molecule has 3 nitrogen and oxygen atoms in total. The van der Waals surface area contributed by atoms with E-state index >= 15 is 0 Å². The first-order chi connectivity index (χ1) is 7.70. The van der Waals surface area contributed by atoms with Gasteiger partial charge in [0.2, 0.25) is 0 Å². The SMILES string of the molecule is CSc1cccc(-n2cc(C(C)Br)nn2)c1. The van der Waals surface area contributed by atoms with Gasteiger partial charge in [0.05, 0.1) is 22.4 Å². The molecule has 0 bridgehead atoms. The van der Waals surface area contributed by atoms with Gasteiger partial charge in [0, 0.05) is 4.90 Å². The second-order valence-electron chi connectivity index (χ2n) is 3.41. The van der Waals surface area contributed by atoms with Gasteiger partial charge in [-0.3, -0.25) is 0 Å². The number of thioether (sulfide) groups is 1. The summed E-state index contributed by atoms with van der Waals surface area (Å²) in [4.78, 5) is 1.45. The van der Waals surface area contributed by atoms with Gasteiger partial charge in [-0.25, -0.2) is 4.68 Å². The smallest absolute Gasteiger partial charge is 0.0965 e. The molecule has 84 valence electrons. The highest BCUT2D eigenvalue weighted by Gasteiger charge is 2.07. The fraction of sp³-hybridized carbons (Fsp3) is 0.273. The number of hydrogen-bond donors (Lipinski definition) is 0. The van der Waals surface area contributed by atoms with Crippen molar-refractivity contribution in [3.05, 3.63) is 36.2 Å². The minimum absolute atomic E-state index is 0.227. The van der Waals surface area contributed by atoms with Gasteiger partial charge < -0.3 is 0 Å². The summed E-state index contributed by atoms with van der Waals surface area (Å²) in [5, 5.41) is 8.22. The van der Waals surface area contributed by atoms with E-state index in [1.807, 2.05) is 25.3 Å². The predicted octanol–water partition coefficient (Wildman–Crippen LogP) is 3.45. The van der Waals surface area contributed by atoms with Crippen molar-refractivity contribution < 1.29 is 0 Å². The van der Waals surface area contributed by atoms with E-state index in [-0.39, 0.29) is 4.83 Å². The van der Waals surface area contributed by atoms with Gasteiger partial charge in [-0.1, -0.05) is 27.2 Å². The molecule has 1 unspecified atom stereocenters. The number of hydrogen-bond acceptors (Lipinski definition) is 3. The maximum atomic E-state index is 4.11. The topological polar surface area (TPSA) is 30.7 Å². The van der Waals surface area contributed by atoms with Crippen molar-refractivity contribution >= 4 is 27.7 Å². The molecule has 0 saturated heterocycles. The van der Waals surface area contributed by atoms with Crippen molar-refractivity contribution in [1.82, 2.24) is 15.0 Å². The molecule has 0 amide bonds. The summed E-state index contributed by atoms with van der Waals surface area (Å²) in [5.41, 5.74) is 1.98. The fourth-order valence-electron chi connectivity index (χ4n) is 1.34. The molecule has 2 aromatic rings. The molecular weight excluding hydrogens is 286 g/mol. The Labute approximate surface area is 107 Å². The van der Waals surface area contributed by atoms with Gasteiger partial charge in [0.25, 0.3) is 0 Å². The van der Waals surface area contributed by atoms with Crippen molar-refractivity contribution in [3.63, 3.8) is 0 Å². The summed E-state index contributed by atoms with van der Waals surface area (Å²) >= 11 is 5.20. The van der Waals surface area contributed by atoms with Crippen molar-refractivity contribution in [1.29, 1.82) is 0 Å². The third kappa shape index (κ3) is 2.47. The molecule has 1 heterocycles. The third-order valence-electron chi connectivity index (χ3n) is 2.24. The molecule has 0 aliphatic heterocycles. The molecule has 0 fully saturated rings. The van der Waals surface area contributed by atoms with Gasteiger partial charge in [0.15, 0.2) is 0 Å². The van der Waals surface area contributed by atoms with E-state index in [1.165, 1.54) is 4.90 Å². The summed E-state index contributed by atoms with van der Waals surface area (Å²) in [5.74, 6) is 0. The standard InChI is InChI=1S/C11H12BrN3S/c1-8(12)11-7-15(14-13-11)9-4-3-5-10(6-9)16-2/h3-8H,1-2H3. The highest BCUT2D eigenvalue weighted by atomic mass is 79.9. The summed E-state index contributed by atoms with van der Waals surface area (Å²) in [7, 11) is 0. The Balaban J connectivity index is 2.34. The van der Waals surface area contributed by atoms with Crippen LogP contribution in [0.2, 0.25) is 0 Å². The zero-order chi connectivity index (χ0) is 11.5. The van der Waals surface area contributed by atoms with Crippen LogP contribution in [0.1, 0.15) is 17.4 Å². The molecule has 2 rings (SSSR count). The first kappa shape index (κ1) is 11.7. The van der Waals surface area contributed by atoms with Gasteiger partial charge in [-0.2, -0.15) is 0 Å². The van der Waals surface area contributed by atoms with Crippen LogP contribution in [0.3, 0.4) is 0 Å². The lowest BCUT2D eigenvalue weighted by Gasteiger charge is -2.01. The first-order valence-electron chi connectivity index (χ1n) is 4.91. The maximum absolute atomic E-state index is 4.11. The van der Waals surface area contributed by atoms with Crippen molar-refractivity contribution in [2.24, 2.45) is 0 Å². The highest BCUT2D eigenvalue weighted by Crippen LogP contribution is 2.21. The molecular formula is C11H12BrN3S. The molecule has 0 radical (unpaired) electrons. The zero-order valence-corrected chi connectivity index (χ0v) is 11.5. The number of rotatable bonds is 3. The lowest BCUT2D eigenvalue weighted by atomic mass is 10.3. The quantitative estimate of drug-likeness (QED) is 0.642. The van der Waals surface area contributed by atoms with Crippen LogP contribution in [0, 0.1) is 0 Å². The molecule has 0 N–H and O–H groups in total. The average molecular weight is 298 g/mol. The average Bonchev–Trinajstić information content (AvgIpc) is 2.78. The van der Waals surface area contributed by atoms with Crippen LogP contribution in [-0.2, 0) is 0 Å². The lowest BCUT2D eigenvalue weighted by molar-refractivity contribution is 0.796. The summed E-state index contributed by atoms with van der Waals surface area (Å²) < 4.78 is 1.80. The Morgan fingerprint density at radius 3 is 2.88 bits per heavy atom. The minimum Gasteiger partial charge on any atom is -0.220 e. The lowest BCUT2D eigenvalue weighted by Crippen LogP contribution is -1.94. The van der Waals surface area contributed by atoms with E-state index in [9.17, 15) is 0 Å². The number of benzene rings is 1.